The molecule has 1 aromatic heterocycles. The number of pyridine rings is 1. The van der Waals surface area contributed by atoms with Crippen molar-refractivity contribution in [3.05, 3.63) is 53.0 Å². The van der Waals surface area contributed by atoms with E-state index in [1.807, 2.05) is 6.07 Å². The lowest BCUT2D eigenvalue weighted by Crippen LogP contribution is -1.98. The van der Waals surface area contributed by atoms with Gasteiger partial charge in [-0.2, -0.15) is 9.37 Å². The topological polar surface area (TPSA) is 22.1 Å². The minimum absolute atomic E-state index is 0.373. The Labute approximate surface area is 107 Å². The van der Waals surface area contributed by atoms with Gasteiger partial charge in [-0.1, -0.05) is 6.07 Å². The first-order chi connectivity index (χ1) is 9.13. The molecular weight excluding hydrogens is 255 g/mol. The number of hydrogen-bond acceptors (Lipinski definition) is 2. The second-order valence-corrected chi connectivity index (χ2v) is 4.43. The van der Waals surface area contributed by atoms with Gasteiger partial charge >= 0.3 is 0 Å². The van der Waals surface area contributed by atoms with Gasteiger partial charge < -0.3 is 4.74 Å². The number of halogens is 3. The Morgan fingerprint density at radius 2 is 1.74 bits per heavy atom. The maximum atomic E-state index is 13.4. The van der Waals surface area contributed by atoms with Crippen molar-refractivity contribution in [3.8, 4) is 11.6 Å². The van der Waals surface area contributed by atoms with E-state index in [2.05, 4.69) is 4.98 Å². The average Bonchev–Trinajstić information content (AvgIpc) is 2.83. The number of aromatic nitrogens is 1. The molecule has 0 bridgehead atoms. The summed E-state index contributed by atoms with van der Waals surface area (Å²) >= 11 is 0. The SMILES string of the molecule is Fc1cc(F)c(Oc2ccc3c(c2)CCC3)nc1F. The molecule has 2 aromatic rings. The predicted molar refractivity (Wildman–Crippen MR) is 62.7 cm³/mol. The van der Waals surface area contributed by atoms with Crippen LogP contribution >= 0.6 is 0 Å². The molecule has 0 unspecified atom stereocenters. The molecule has 2 nitrogen and oxygen atoms in total. The van der Waals surface area contributed by atoms with Crippen molar-refractivity contribution in [2.24, 2.45) is 0 Å². The summed E-state index contributed by atoms with van der Waals surface area (Å²) in [5.74, 6) is -3.93. The molecule has 19 heavy (non-hydrogen) atoms. The summed E-state index contributed by atoms with van der Waals surface area (Å²) in [6.07, 6.45) is 3.05. The number of fused-ring (bicyclic) bond motifs is 1. The average molecular weight is 265 g/mol. The van der Waals surface area contributed by atoms with Crippen molar-refractivity contribution in [1.29, 1.82) is 0 Å². The summed E-state index contributed by atoms with van der Waals surface area (Å²) in [5.41, 5.74) is 2.38. The molecule has 5 heteroatoms. The molecule has 0 saturated heterocycles. The standard InChI is InChI=1S/C14H10F3NO/c15-11-7-12(16)14(18-13(11)17)19-10-5-4-8-2-1-3-9(8)6-10/h4-7H,1-3H2. The third-order valence-corrected chi connectivity index (χ3v) is 3.14. The van der Waals surface area contributed by atoms with Gasteiger partial charge in [0.1, 0.15) is 5.75 Å². The fourth-order valence-corrected chi connectivity index (χ4v) is 2.22. The number of ether oxygens (including phenoxy) is 1. The molecular formula is C14H10F3NO. The van der Waals surface area contributed by atoms with E-state index in [0.717, 1.165) is 24.8 Å². The van der Waals surface area contributed by atoms with E-state index in [-0.39, 0.29) is 0 Å². The summed E-state index contributed by atoms with van der Waals surface area (Å²) in [6, 6.07) is 5.78. The highest BCUT2D eigenvalue weighted by molar-refractivity contribution is 5.39. The fraction of sp³-hybridized carbons (Fsp3) is 0.214. The van der Waals surface area contributed by atoms with Crippen molar-refractivity contribution in [2.75, 3.05) is 0 Å². The van der Waals surface area contributed by atoms with Crippen LogP contribution in [0.15, 0.2) is 24.3 Å². The molecule has 0 atom stereocenters. The molecule has 0 N–H and O–H groups in total. The van der Waals surface area contributed by atoms with E-state index >= 15 is 0 Å². The first-order valence-electron chi connectivity index (χ1n) is 5.94. The maximum Gasteiger partial charge on any atom is 0.258 e. The highest BCUT2D eigenvalue weighted by Crippen LogP contribution is 2.29. The molecule has 0 spiro atoms. The summed E-state index contributed by atoms with van der Waals surface area (Å²) < 4.78 is 44.3. The van der Waals surface area contributed by atoms with Gasteiger partial charge in [-0.25, -0.2) is 8.78 Å². The van der Waals surface area contributed by atoms with Crippen molar-refractivity contribution in [1.82, 2.24) is 4.98 Å². The first-order valence-corrected chi connectivity index (χ1v) is 5.94. The van der Waals surface area contributed by atoms with Crippen molar-refractivity contribution < 1.29 is 17.9 Å². The molecule has 0 aliphatic heterocycles. The van der Waals surface area contributed by atoms with E-state index in [9.17, 15) is 13.2 Å². The molecule has 3 rings (SSSR count). The third kappa shape index (κ3) is 2.28. The van der Waals surface area contributed by atoms with Crippen molar-refractivity contribution in [3.63, 3.8) is 0 Å². The van der Waals surface area contributed by atoms with E-state index in [0.29, 0.717) is 11.8 Å². The molecule has 1 heterocycles. The quantitative estimate of drug-likeness (QED) is 0.771. The Bertz CT molecular complexity index is 643. The van der Waals surface area contributed by atoms with E-state index in [4.69, 9.17) is 4.74 Å². The minimum atomic E-state index is -1.38. The Kier molecular flexibility index (Phi) is 2.89. The van der Waals surface area contributed by atoms with Gasteiger partial charge in [-0.15, -0.1) is 0 Å². The molecule has 1 aliphatic rings. The second-order valence-electron chi connectivity index (χ2n) is 4.43. The predicted octanol–water partition coefficient (Wildman–Crippen LogP) is 3.78. The number of hydrogen-bond donors (Lipinski definition) is 0. The van der Waals surface area contributed by atoms with Gasteiger partial charge in [0.05, 0.1) is 0 Å². The number of rotatable bonds is 2. The zero-order valence-electron chi connectivity index (χ0n) is 9.92. The first kappa shape index (κ1) is 12.0. The van der Waals surface area contributed by atoms with Crippen LogP contribution in [0.4, 0.5) is 13.2 Å². The van der Waals surface area contributed by atoms with Gasteiger partial charge in [0.2, 0.25) is 0 Å². The van der Waals surface area contributed by atoms with Crippen LogP contribution in [0.2, 0.25) is 0 Å². The highest BCUT2D eigenvalue weighted by atomic mass is 19.2. The Morgan fingerprint density at radius 3 is 2.58 bits per heavy atom. The maximum absolute atomic E-state index is 13.4. The molecule has 98 valence electrons. The fourth-order valence-electron chi connectivity index (χ4n) is 2.22. The molecule has 1 aliphatic carbocycles. The largest absolute Gasteiger partial charge is 0.436 e. The Morgan fingerprint density at radius 1 is 0.947 bits per heavy atom. The molecule has 0 fully saturated rings. The van der Waals surface area contributed by atoms with Crippen LogP contribution in [-0.4, -0.2) is 4.98 Å². The van der Waals surface area contributed by atoms with E-state index in [1.165, 1.54) is 5.56 Å². The van der Waals surface area contributed by atoms with Crippen LogP contribution in [0.3, 0.4) is 0 Å². The lowest BCUT2D eigenvalue weighted by Gasteiger charge is -2.08. The lowest BCUT2D eigenvalue weighted by atomic mass is 10.1. The smallest absolute Gasteiger partial charge is 0.258 e. The number of nitrogens with zero attached hydrogens (tertiary/aromatic N) is 1. The van der Waals surface area contributed by atoms with E-state index in [1.54, 1.807) is 12.1 Å². The molecule has 0 amide bonds. The summed E-state index contributed by atoms with van der Waals surface area (Å²) in [4.78, 5) is 3.12. The third-order valence-electron chi connectivity index (χ3n) is 3.14. The van der Waals surface area contributed by atoms with Crippen LogP contribution in [0.1, 0.15) is 17.5 Å². The van der Waals surface area contributed by atoms with Crippen LogP contribution in [0.25, 0.3) is 0 Å². The summed E-state index contributed by atoms with van der Waals surface area (Å²) in [6.45, 7) is 0. The number of aryl methyl sites for hydroxylation is 2. The number of benzene rings is 1. The van der Waals surface area contributed by atoms with Gasteiger partial charge in [-0.3, -0.25) is 0 Å². The van der Waals surface area contributed by atoms with E-state index < -0.39 is 23.5 Å². The van der Waals surface area contributed by atoms with Crippen LogP contribution in [-0.2, 0) is 12.8 Å². The minimum Gasteiger partial charge on any atom is -0.436 e. The van der Waals surface area contributed by atoms with Crippen LogP contribution in [0, 0.1) is 17.6 Å². The Hall–Kier alpha value is -2.04. The molecule has 1 aromatic carbocycles. The second kappa shape index (κ2) is 4.57. The summed E-state index contributed by atoms with van der Waals surface area (Å²) in [5, 5.41) is 0. The lowest BCUT2D eigenvalue weighted by molar-refractivity contribution is 0.387. The normalized spacial score (nSPS) is 13.4. The Balaban J connectivity index is 1.91. The van der Waals surface area contributed by atoms with Crippen molar-refractivity contribution >= 4 is 0 Å². The van der Waals surface area contributed by atoms with Gasteiger partial charge in [0, 0.05) is 6.07 Å². The monoisotopic (exact) mass is 265 g/mol. The van der Waals surface area contributed by atoms with Gasteiger partial charge in [0.15, 0.2) is 11.6 Å². The van der Waals surface area contributed by atoms with Gasteiger partial charge in [-0.05, 0) is 42.5 Å². The highest BCUT2D eigenvalue weighted by Gasteiger charge is 2.15. The molecule has 0 radical (unpaired) electrons. The van der Waals surface area contributed by atoms with Crippen LogP contribution in [0.5, 0.6) is 11.6 Å². The van der Waals surface area contributed by atoms with Gasteiger partial charge in [0.25, 0.3) is 11.8 Å². The van der Waals surface area contributed by atoms with Crippen molar-refractivity contribution in [2.45, 2.75) is 19.3 Å². The summed E-state index contributed by atoms with van der Waals surface area (Å²) in [7, 11) is 0. The molecule has 0 saturated carbocycles. The zero-order valence-corrected chi connectivity index (χ0v) is 9.92. The zero-order chi connectivity index (χ0) is 13.4. The van der Waals surface area contributed by atoms with Crippen LogP contribution < -0.4 is 4.74 Å².